The first-order valence-electron chi connectivity index (χ1n) is 7.99. The van der Waals surface area contributed by atoms with E-state index >= 15 is 0 Å². The number of nitrogens with one attached hydrogen (secondary N) is 1. The fourth-order valence-corrected chi connectivity index (χ4v) is 2.73. The van der Waals surface area contributed by atoms with Crippen molar-refractivity contribution in [2.24, 2.45) is 5.73 Å². The number of benzene rings is 2. The number of nitrogens with zero attached hydrogens (tertiary/aromatic N) is 1. The van der Waals surface area contributed by atoms with Crippen molar-refractivity contribution in [2.45, 2.75) is 20.4 Å². The van der Waals surface area contributed by atoms with E-state index in [1.165, 1.54) is 0 Å². The highest BCUT2D eigenvalue weighted by Crippen LogP contribution is 2.18. The lowest BCUT2D eigenvalue weighted by Gasteiger charge is -2.10. The lowest BCUT2D eigenvalue weighted by molar-refractivity contribution is 0.0949. The van der Waals surface area contributed by atoms with E-state index in [2.05, 4.69) is 10.3 Å². The van der Waals surface area contributed by atoms with Gasteiger partial charge in [-0.3, -0.25) is 14.6 Å². The molecule has 1 aromatic heterocycles. The van der Waals surface area contributed by atoms with Gasteiger partial charge in [-0.2, -0.15) is 0 Å². The molecule has 0 unspecified atom stereocenters. The van der Waals surface area contributed by atoms with Crippen LogP contribution in [0.4, 0.5) is 0 Å². The number of rotatable bonds is 4. The lowest BCUT2D eigenvalue weighted by Crippen LogP contribution is -2.24. The van der Waals surface area contributed by atoms with Crippen LogP contribution < -0.4 is 11.1 Å². The topological polar surface area (TPSA) is 85.1 Å². The summed E-state index contributed by atoms with van der Waals surface area (Å²) in [7, 11) is 0. The third kappa shape index (κ3) is 3.66. The average molecular weight is 333 g/mol. The minimum Gasteiger partial charge on any atom is -0.366 e. The summed E-state index contributed by atoms with van der Waals surface area (Å²) in [5.41, 5.74) is 9.73. The number of carbonyl (C=O) groups excluding carboxylic acids is 2. The van der Waals surface area contributed by atoms with Crippen LogP contribution in [-0.2, 0) is 6.54 Å². The molecule has 0 bridgehead atoms. The number of hydrogen-bond acceptors (Lipinski definition) is 3. The Morgan fingerprint density at radius 1 is 1.08 bits per heavy atom. The summed E-state index contributed by atoms with van der Waals surface area (Å²) >= 11 is 0. The third-order valence-electron chi connectivity index (χ3n) is 4.07. The minimum atomic E-state index is -0.488. The van der Waals surface area contributed by atoms with Crippen LogP contribution >= 0.6 is 0 Å². The number of nitrogens with two attached hydrogens (primary N) is 1. The van der Waals surface area contributed by atoms with Crippen LogP contribution in [0, 0.1) is 13.8 Å². The van der Waals surface area contributed by atoms with Gasteiger partial charge in [-0.05, 0) is 49.7 Å². The summed E-state index contributed by atoms with van der Waals surface area (Å²) in [5.74, 6) is -0.684. The van der Waals surface area contributed by atoms with Crippen molar-refractivity contribution in [3.63, 3.8) is 0 Å². The highest BCUT2D eigenvalue weighted by molar-refractivity contribution is 5.98. The van der Waals surface area contributed by atoms with Crippen molar-refractivity contribution >= 4 is 22.7 Å². The molecule has 0 aliphatic carbocycles. The average Bonchev–Trinajstić information content (AvgIpc) is 2.59. The Morgan fingerprint density at radius 3 is 2.64 bits per heavy atom. The molecule has 0 saturated carbocycles. The smallest absolute Gasteiger partial charge is 0.253 e. The van der Waals surface area contributed by atoms with Crippen LogP contribution in [0.3, 0.4) is 0 Å². The van der Waals surface area contributed by atoms with E-state index in [0.717, 1.165) is 22.0 Å². The van der Waals surface area contributed by atoms with Crippen LogP contribution in [0.15, 0.2) is 48.5 Å². The van der Waals surface area contributed by atoms with E-state index in [-0.39, 0.29) is 5.91 Å². The molecule has 3 rings (SSSR count). The maximum absolute atomic E-state index is 12.5. The molecule has 0 radical (unpaired) electrons. The van der Waals surface area contributed by atoms with Gasteiger partial charge in [0.1, 0.15) is 0 Å². The normalized spacial score (nSPS) is 10.6. The van der Waals surface area contributed by atoms with Gasteiger partial charge < -0.3 is 11.1 Å². The summed E-state index contributed by atoms with van der Waals surface area (Å²) in [6.07, 6.45) is 0. The molecule has 3 N–H and O–H groups in total. The molecule has 2 amide bonds. The van der Waals surface area contributed by atoms with E-state index in [9.17, 15) is 9.59 Å². The zero-order valence-corrected chi connectivity index (χ0v) is 14.2. The molecule has 0 saturated heterocycles. The molecule has 0 spiro atoms. The van der Waals surface area contributed by atoms with Crippen molar-refractivity contribution in [2.75, 3.05) is 0 Å². The standard InChI is InChI=1S/C20H19N3O2/c1-12-6-7-18-16(8-12)10-17(13(2)23-18)20(25)22-11-14-4-3-5-15(9-14)19(21)24/h3-10H,11H2,1-2H3,(H2,21,24)(H,22,25). The van der Waals surface area contributed by atoms with E-state index < -0.39 is 5.91 Å². The number of amides is 2. The molecule has 1 heterocycles. The van der Waals surface area contributed by atoms with E-state index in [1.807, 2.05) is 44.2 Å². The molecule has 5 nitrogen and oxygen atoms in total. The van der Waals surface area contributed by atoms with E-state index in [0.29, 0.717) is 23.4 Å². The number of fused-ring (bicyclic) bond motifs is 1. The summed E-state index contributed by atoms with van der Waals surface area (Å²) in [5, 5.41) is 3.81. The largest absolute Gasteiger partial charge is 0.366 e. The zero-order chi connectivity index (χ0) is 18.0. The Labute approximate surface area is 145 Å². The second-order valence-electron chi connectivity index (χ2n) is 6.06. The van der Waals surface area contributed by atoms with Gasteiger partial charge in [0.05, 0.1) is 16.8 Å². The fraction of sp³-hybridized carbons (Fsp3) is 0.150. The van der Waals surface area contributed by atoms with Gasteiger partial charge in [0.2, 0.25) is 5.91 Å². The minimum absolute atomic E-state index is 0.196. The number of pyridine rings is 1. The maximum Gasteiger partial charge on any atom is 0.253 e. The Morgan fingerprint density at radius 2 is 1.88 bits per heavy atom. The van der Waals surface area contributed by atoms with Crippen LogP contribution in [-0.4, -0.2) is 16.8 Å². The Balaban J connectivity index is 1.81. The van der Waals surface area contributed by atoms with Gasteiger partial charge in [-0.25, -0.2) is 0 Å². The summed E-state index contributed by atoms with van der Waals surface area (Å²) in [4.78, 5) is 28.3. The van der Waals surface area contributed by atoms with Gasteiger partial charge in [0, 0.05) is 17.5 Å². The second-order valence-corrected chi connectivity index (χ2v) is 6.06. The summed E-state index contributed by atoms with van der Waals surface area (Å²) in [6.45, 7) is 4.14. The molecule has 2 aromatic carbocycles. The van der Waals surface area contributed by atoms with Gasteiger partial charge >= 0.3 is 0 Å². The maximum atomic E-state index is 12.5. The van der Waals surface area contributed by atoms with Crippen molar-refractivity contribution in [1.29, 1.82) is 0 Å². The van der Waals surface area contributed by atoms with Gasteiger partial charge in [-0.15, -0.1) is 0 Å². The van der Waals surface area contributed by atoms with Crippen molar-refractivity contribution in [3.8, 4) is 0 Å². The lowest BCUT2D eigenvalue weighted by atomic mass is 10.1. The number of aromatic nitrogens is 1. The first-order valence-corrected chi connectivity index (χ1v) is 7.99. The monoisotopic (exact) mass is 333 g/mol. The molecular weight excluding hydrogens is 314 g/mol. The molecule has 25 heavy (non-hydrogen) atoms. The number of carbonyl (C=O) groups is 2. The quantitative estimate of drug-likeness (QED) is 0.770. The molecule has 0 aliphatic heterocycles. The molecule has 3 aromatic rings. The summed E-state index contributed by atoms with van der Waals surface area (Å²) in [6, 6.07) is 14.7. The van der Waals surface area contributed by atoms with Gasteiger partial charge in [0.15, 0.2) is 0 Å². The molecule has 126 valence electrons. The van der Waals surface area contributed by atoms with Crippen molar-refractivity contribution < 1.29 is 9.59 Å². The number of primary amides is 1. The first-order chi connectivity index (χ1) is 11.9. The molecule has 5 heteroatoms. The Bertz CT molecular complexity index is 980. The predicted octanol–water partition coefficient (Wildman–Crippen LogP) is 2.88. The van der Waals surface area contributed by atoms with Gasteiger partial charge in [0.25, 0.3) is 5.91 Å². The third-order valence-corrected chi connectivity index (χ3v) is 4.07. The van der Waals surface area contributed by atoms with Crippen molar-refractivity contribution in [3.05, 3.63) is 76.5 Å². The zero-order valence-electron chi connectivity index (χ0n) is 14.2. The number of hydrogen-bond donors (Lipinski definition) is 2. The predicted molar refractivity (Wildman–Crippen MR) is 97.3 cm³/mol. The highest BCUT2D eigenvalue weighted by atomic mass is 16.2. The Hall–Kier alpha value is -3.21. The molecule has 0 aliphatic rings. The second kappa shape index (κ2) is 6.73. The van der Waals surface area contributed by atoms with Crippen LogP contribution in [0.1, 0.15) is 37.5 Å². The van der Waals surface area contributed by atoms with E-state index in [4.69, 9.17) is 5.73 Å². The highest BCUT2D eigenvalue weighted by Gasteiger charge is 2.12. The molecule has 0 fully saturated rings. The number of aryl methyl sites for hydroxylation is 2. The van der Waals surface area contributed by atoms with Crippen LogP contribution in [0.25, 0.3) is 10.9 Å². The Kier molecular flexibility index (Phi) is 4.48. The summed E-state index contributed by atoms with van der Waals surface area (Å²) < 4.78 is 0. The molecule has 0 atom stereocenters. The van der Waals surface area contributed by atoms with Crippen LogP contribution in [0.2, 0.25) is 0 Å². The SMILES string of the molecule is Cc1ccc2nc(C)c(C(=O)NCc3cccc(C(N)=O)c3)cc2c1. The van der Waals surface area contributed by atoms with Gasteiger partial charge in [-0.1, -0.05) is 23.8 Å². The van der Waals surface area contributed by atoms with Crippen molar-refractivity contribution in [1.82, 2.24) is 10.3 Å². The first kappa shape index (κ1) is 16.6. The fourth-order valence-electron chi connectivity index (χ4n) is 2.73. The van der Waals surface area contributed by atoms with E-state index in [1.54, 1.807) is 18.2 Å². The molecular formula is C20H19N3O2. The van der Waals surface area contributed by atoms with Crippen LogP contribution in [0.5, 0.6) is 0 Å².